The van der Waals surface area contributed by atoms with E-state index in [0.29, 0.717) is 10.7 Å². The van der Waals surface area contributed by atoms with Crippen molar-refractivity contribution in [1.82, 2.24) is 4.98 Å². The number of ether oxygens (including phenoxy) is 1. The van der Waals surface area contributed by atoms with Crippen LogP contribution in [0.1, 0.15) is 5.01 Å². The number of aromatic nitrogens is 1. The van der Waals surface area contributed by atoms with Crippen molar-refractivity contribution in [1.29, 1.82) is 5.26 Å². The molecule has 3 rings (SSSR count). The minimum Gasteiger partial charge on any atom is -0.497 e. The SMILES string of the molecule is COc1ccc(-c2csc(C(C#N)=CNc3ccccc3SC(F)(F)F)n2)cc1. The van der Waals surface area contributed by atoms with Crippen molar-refractivity contribution >= 4 is 34.4 Å². The second kappa shape index (κ2) is 9.03. The normalized spacial score (nSPS) is 11.8. The standard InChI is InChI=1S/C20H14F3N3OS2/c1-27-15-8-6-13(7-9-15)17-12-28-19(26-17)14(10-24)11-25-16-4-2-3-5-18(16)29-20(21,22)23/h2-9,11-12,25H,1H3. The molecule has 0 aliphatic carbocycles. The second-order valence-electron chi connectivity index (χ2n) is 5.62. The number of nitrogens with one attached hydrogen (secondary N) is 1. The highest BCUT2D eigenvalue weighted by atomic mass is 32.2. The minimum atomic E-state index is -4.40. The van der Waals surface area contributed by atoms with E-state index in [1.807, 2.05) is 35.7 Å². The lowest BCUT2D eigenvalue weighted by atomic mass is 10.2. The van der Waals surface area contributed by atoms with E-state index in [1.165, 1.54) is 35.7 Å². The van der Waals surface area contributed by atoms with E-state index in [0.717, 1.165) is 11.3 Å². The molecule has 0 aliphatic heterocycles. The number of nitriles is 1. The molecule has 0 fully saturated rings. The molecule has 148 valence electrons. The quantitative estimate of drug-likeness (QED) is 0.360. The van der Waals surface area contributed by atoms with Gasteiger partial charge in [-0.15, -0.1) is 11.3 Å². The van der Waals surface area contributed by atoms with Crippen LogP contribution in [0.4, 0.5) is 18.9 Å². The van der Waals surface area contributed by atoms with Crippen LogP contribution in [0.3, 0.4) is 0 Å². The monoisotopic (exact) mass is 433 g/mol. The second-order valence-corrected chi connectivity index (χ2v) is 7.59. The zero-order chi connectivity index (χ0) is 20.9. The average molecular weight is 433 g/mol. The van der Waals surface area contributed by atoms with Gasteiger partial charge >= 0.3 is 5.51 Å². The molecule has 0 bridgehead atoms. The average Bonchev–Trinajstić information content (AvgIpc) is 3.18. The van der Waals surface area contributed by atoms with E-state index in [4.69, 9.17) is 4.74 Å². The number of thiazole rings is 1. The molecular weight excluding hydrogens is 419 g/mol. The summed E-state index contributed by atoms with van der Waals surface area (Å²) in [6, 6.07) is 15.4. The minimum absolute atomic E-state index is 0.0200. The third-order valence-electron chi connectivity index (χ3n) is 3.73. The van der Waals surface area contributed by atoms with Crippen molar-refractivity contribution in [2.75, 3.05) is 12.4 Å². The van der Waals surface area contributed by atoms with Gasteiger partial charge in [-0.2, -0.15) is 18.4 Å². The number of anilines is 1. The Morgan fingerprint density at radius 1 is 1.21 bits per heavy atom. The Kier molecular flexibility index (Phi) is 6.46. The first-order chi connectivity index (χ1) is 13.9. The van der Waals surface area contributed by atoms with Crippen molar-refractivity contribution in [2.45, 2.75) is 10.4 Å². The number of para-hydroxylation sites is 1. The van der Waals surface area contributed by atoms with Crippen molar-refractivity contribution in [3.63, 3.8) is 0 Å². The molecule has 1 aromatic heterocycles. The maximum Gasteiger partial charge on any atom is 0.446 e. The first-order valence-corrected chi connectivity index (χ1v) is 9.91. The number of allylic oxidation sites excluding steroid dienone is 1. The number of halogens is 3. The zero-order valence-corrected chi connectivity index (χ0v) is 16.7. The molecule has 4 nitrogen and oxygen atoms in total. The van der Waals surface area contributed by atoms with Crippen LogP contribution in [0.15, 0.2) is 65.0 Å². The zero-order valence-electron chi connectivity index (χ0n) is 15.0. The van der Waals surface area contributed by atoms with Gasteiger partial charge < -0.3 is 10.1 Å². The van der Waals surface area contributed by atoms with Crippen LogP contribution < -0.4 is 10.1 Å². The van der Waals surface area contributed by atoms with Crippen molar-refractivity contribution in [3.8, 4) is 23.1 Å². The van der Waals surface area contributed by atoms with Crippen LogP contribution in [0.5, 0.6) is 5.75 Å². The first kappa shape index (κ1) is 20.8. The smallest absolute Gasteiger partial charge is 0.446 e. The highest BCUT2D eigenvalue weighted by molar-refractivity contribution is 8.00. The molecular formula is C20H14F3N3OS2. The van der Waals surface area contributed by atoms with Gasteiger partial charge in [0, 0.05) is 22.0 Å². The summed E-state index contributed by atoms with van der Waals surface area (Å²) in [7, 11) is 1.58. The number of hydrogen-bond acceptors (Lipinski definition) is 6. The number of benzene rings is 2. The first-order valence-electron chi connectivity index (χ1n) is 8.21. The molecule has 1 heterocycles. The number of methoxy groups -OCH3 is 1. The predicted octanol–water partition coefficient (Wildman–Crippen LogP) is 6.41. The molecule has 0 unspecified atom stereocenters. The molecule has 0 spiro atoms. The molecule has 0 atom stereocenters. The number of rotatable bonds is 6. The van der Waals surface area contributed by atoms with Gasteiger partial charge in [-0.1, -0.05) is 12.1 Å². The summed E-state index contributed by atoms with van der Waals surface area (Å²) < 4.78 is 43.3. The molecule has 3 aromatic rings. The van der Waals surface area contributed by atoms with Crippen LogP contribution in [-0.2, 0) is 0 Å². The lowest BCUT2D eigenvalue weighted by molar-refractivity contribution is -0.0327. The number of hydrogen-bond donors (Lipinski definition) is 1. The van der Waals surface area contributed by atoms with Gasteiger partial charge in [0.15, 0.2) is 0 Å². The van der Waals surface area contributed by atoms with E-state index in [1.54, 1.807) is 13.2 Å². The maximum atomic E-state index is 12.7. The Hall–Kier alpha value is -2.96. The highest BCUT2D eigenvalue weighted by Crippen LogP contribution is 2.40. The van der Waals surface area contributed by atoms with Gasteiger partial charge in [-0.25, -0.2) is 4.98 Å². The van der Waals surface area contributed by atoms with Gasteiger partial charge in [-0.3, -0.25) is 0 Å². The summed E-state index contributed by atoms with van der Waals surface area (Å²) in [5.41, 5.74) is -2.36. The number of thioether (sulfide) groups is 1. The summed E-state index contributed by atoms with van der Waals surface area (Å²) in [5.74, 6) is 0.724. The summed E-state index contributed by atoms with van der Waals surface area (Å²) in [5, 5.41) is 14.5. The van der Waals surface area contributed by atoms with Crippen molar-refractivity contribution in [3.05, 3.63) is 65.1 Å². The molecule has 0 saturated heterocycles. The largest absolute Gasteiger partial charge is 0.497 e. The third-order valence-corrected chi connectivity index (χ3v) is 5.41. The van der Waals surface area contributed by atoms with E-state index < -0.39 is 5.51 Å². The Balaban J connectivity index is 1.81. The molecule has 0 amide bonds. The molecule has 0 aliphatic rings. The van der Waals surface area contributed by atoms with Crippen molar-refractivity contribution in [2.24, 2.45) is 0 Å². The lowest BCUT2D eigenvalue weighted by Gasteiger charge is -2.10. The van der Waals surface area contributed by atoms with Gasteiger partial charge in [0.05, 0.1) is 18.5 Å². The van der Waals surface area contributed by atoms with Crippen LogP contribution in [0.2, 0.25) is 0 Å². The highest BCUT2D eigenvalue weighted by Gasteiger charge is 2.30. The van der Waals surface area contributed by atoms with Crippen LogP contribution in [0.25, 0.3) is 16.8 Å². The fourth-order valence-corrected chi connectivity index (χ4v) is 3.81. The Morgan fingerprint density at radius 3 is 2.59 bits per heavy atom. The molecule has 2 aromatic carbocycles. The summed E-state index contributed by atoms with van der Waals surface area (Å²) in [6.45, 7) is 0. The topological polar surface area (TPSA) is 57.9 Å². The fraction of sp³-hybridized carbons (Fsp3) is 0.100. The van der Waals surface area contributed by atoms with Crippen LogP contribution in [-0.4, -0.2) is 17.6 Å². The van der Waals surface area contributed by atoms with E-state index in [-0.39, 0.29) is 27.9 Å². The maximum absolute atomic E-state index is 12.7. The van der Waals surface area contributed by atoms with Gasteiger partial charge in [0.1, 0.15) is 22.4 Å². The molecule has 0 radical (unpaired) electrons. The summed E-state index contributed by atoms with van der Waals surface area (Å²) >= 11 is 1.07. The lowest BCUT2D eigenvalue weighted by Crippen LogP contribution is -2.01. The fourth-order valence-electron chi connectivity index (χ4n) is 2.38. The van der Waals surface area contributed by atoms with Gasteiger partial charge in [0.25, 0.3) is 0 Å². The Morgan fingerprint density at radius 2 is 1.93 bits per heavy atom. The molecule has 29 heavy (non-hydrogen) atoms. The molecule has 0 saturated carbocycles. The van der Waals surface area contributed by atoms with Gasteiger partial charge in [0.2, 0.25) is 0 Å². The Bertz CT molecular complexity index is 1050. The van der Waals surface area contributed by atoms with Gasteiger partial charge in [-0.05, 0) is 48.2 Å². The van der Waals surface area contributed by atoms with Crippen LogP contribution >= 0.6 is 23.1 Å². The van der Waals surface area contributed by atoms with E-state index in [2.05, 4.69) is 10.3 Å². The Labute approximate surface area is 173 Å². The van der Waals surface area contributed by atoms with Crippen LogP contribution in [0, 0.1) is 11.3 Å². The number of alkyl halides is 3. The van der Waals surface area contributed by atoms with Crippen molar-refractivity contribution < 1.29 is 17.9 Å². The molecule has 9 heteroatoms. The summed E-state index contributed by atoms with van der Waals surface area (Å²) in [6.07, 6.45) is 1.37. The predicted molar refractivity (Wildman–Crippen MR) is 110 cm³/mol. The third kappa shape index (κ3) is 5.53. The molecule has 1 N–H and O–H groups in total. The van der Waals surface area contributed by atoms with E-state index >= 15 is 0 Å². The number of nitrogens with zero attached hydrogens (tertiary/aromatic N) is 2. The summed E-state index contributed by atoms with van der Waals surface area (Å²) in [4.78, 5) is 4.48. The van der Waals surface area contributed by atoms with E-state index in [9.17, 15) is 18.4 Å².